The van der Waals surface area contributed by atoms with Crippen LogP contribution in [0.4, 0.5) is 5.69 Å². The van der Waals surface area contributed by atoms with Gasteiger partial charge in [0.1, 0.15) is 12.2 Å². The first-order valence-electron chi connectivity index (χ1n) is 10.8. The van der Waals surface area contributed by atoms with Crippen LogP contribution in [-0.2, 0) is 22.8 Å². The Hall–Kier alpha value is -2.62. The fourth-order valence-electron chi connectivity index (χ4n) is 3.60. The van der Waals surface area contributed by atoms with Crippen LogP contribution in [0, 0.1) is 0 Å². The zero-order valence-electron chi connectivity index (χ0n) is 18.4. The quantitative estimate of drug-likeness (QED) is 0.319. The number of benzene rings is 1. The number of para-hydroxylation sites is 1. The minimum absolute atomic E-state index is 0.0932. The summed E-state index contributed by atoms with van der Waals surface area (Å²) in [7, 11) is -0.872. The van der Waals surface area contributed by atoms with E-state index in [1.807, 2.05) is 22.8 Å². The molecule has 1 aromatic carbocycles. The van der Waals surface area contributed by atoms with Gasteiger partial charge < -0.3 is 20.1 Å². The van der Waals surface area contributed by atoms with Crippen molar-refractivity contribution in [3.05, 3.63) is 42.5 Å². The molecule has 9 nitrogen and oxygen atoms in total. The van der Waals surface area contributed by atoms with E-state index >= 15 is 0 Å². The summed E-state index contributed by atoms with van der Waals surface area (Å²) >= 11 is 0. The Morgan fingerprint density at radius 3 is 2.84 bits per heavy atom. The van der Waals surface area contributed by atoms with Crippen molar-refractivity contribution in [2.24, 2.45) is 4.99 Å². The highest BCUT2D eigenvalue weighted by Gasteiger charge is 2.28. The number of aryl methyl sites for hydroxylation is 1. The second kappa shape index (κ2) is 11.1. The summed E-state index contributed by atoms with van der Waals surface area (Å²) in [6.07, 6.45) is 4.07. The Labute approximate surface area is 184 Å². The van der Waals surface area contributed by atoms with Crippen LogP contribution in [-0.4, -0.2) is 73.4 Å². The monoisotopic (exact) mass is 447 g/mol. The minimum atomic E-state index is -2.95. The molecule has 1 fully saturated rings. The Morgan fingerprint density at radius 1 is 1.32 bits per heavy atom. The van der Waals surface area contributed by atoms with Gasteiger partial charge in [0, 0.05) is 51.4 Å². The zero-order valence-corrected chi connectivity index (χ0v) is 19.2. The normalized spacial score (nSPS) is 18.1. The van der Waals surface area contributed by atoms with E-state index in [2.05, 4.69) is 51.8 Å². The van der Waals surface area contributed by atoms with Gasteiger partial charge in [-0.05, 0) is 25.0 Å². The SMILES string of the molecule is CCc1nncn1CCNC(=NCCCN(C)c1ccccc1)NC1CCS(=O)(=O)C1. The number of aliphatic imine (C=N–C) groups is 1. The average molecular weight is 448 g/mol. The van der Waals surface area contributed by atoms with Crippen molar-refractivity contribution in [1.82, 2.24) is 25.4 Å². The molecule has 0 bridgehead atoms. The molecule has 2 N–H and O–H groups in total. The maximum Gasteiger partial charge on any atom is 0.191 e. The number of rotatable bonds is 10. The molecule has 0 spiro atoms. The van der Waals surface area contributed by atoms with Gasteiger partial charge in [-0.3, -0.25) is 4.99 Å². The van der Waals surface area contributed by atoms with E-state index in [1.165, 1.54) is 5.69 Å². The maximum absolute atomic E-state index is 11.8. The second-order valence-corrected chi connectivity index (χ2v) is 10.0. The van der Waals surface area contributed by atoms with Gasteiger partial charge in [0.15, 0.2) is 15.8 Å². The summed E-state index contributed by atoms with van der Waals surface area (Å²) in [5, 5.41) is 14.7. The van der Waals surface area contributed by atoms with Gasteiger partial charge in [0.2, 0.25) is 0 Å². The van der Waals surface area contributed by atoms with Gasteiger partial charge >= 0.3 is 0 Å². The number of anilines is 1. The summed E-state index contributed by atoms with van der Waals surface area (Å²) in [5.41, 5.74) is 1.18. The van der Waals surface area contributed by atoms with Crippen molar-refractivity contribution in [2.45, 2.75) is 38.8 Å². The summed E-state index contributed by atoms with van der Waals surface area (Å²) < 4.78 is 25.6. The van der Waals surface area contributed by atoms with Crippen molar-refractivity contribution < 1.29 is 8.42 Å². The first-order valence-corrected chi connectivity index (χ1v) is 12.7. The molecule has 1 aromatic heterocycles. The van der Waals surface area contributed by atoms with Gasteiger partial charge in [0.25, 0.3) is 0 Å². The van der Waals surface area contributed by atoms with Crippen LogP contribution in [0.25, 0.3) is 0 Å². The van der Waals surface area contributed by atoms with E-state index < -0.39 is 9.84 Å². The molecular formula is C21H33N7O2S. The second-order valence-electron chi connectivity index (χ2n) is 7.81. The summed E-state index contributed by atoms with van der Waals surface area (Å²) in [4.78, 5) is 6.90. The predicted octanol–water partition coefficient (Wildman–Crippen LogP) is 1.09. The molecule has 1 saturated heterocycles. The third-order valence-corrected chi connectivity index (χ3v) is 7.12. The molecule has 1 unspecified atom stereocenters. The molecule has 0 amide bonds. The van der Waals surface area contributed by atoms with Gasteiger partial charge in [-0.1, -0.05) is 25.1 Å². The van der Waals surface area contributed by atoms with Crippen LogP contribution in [0.5, 0.6) is 0 Å². The van der Waals surface area contributed by atoms with E-state index in [1.54, 1.807) is 6.33 Å². The minimum Gasteiger partial charge on any atom is -0.375 e. The highest BCUT2D eigenvalue weighted by molar-refractivity contribution is 7.91. The van der Waals surface area contributed by atoms with Crippen LogP contribution in [0.3, 0.4) is 0 Å². The Kier molecular flexibility index (Phi) is 8.27. The van der Waals surface area contributed by atoms with Crippen LogP contribution in [0.15, 0.2) is 41.7 Å². The lowest BCUT2D eigenvalue weighted by atomic mass is 10.3. The Morgan fingerprint density at radius 2 is 2.13 bits per heavy atom. The number of sulfone groups is 1. The number of nitrogens with one attached hydrogen (secondary N) is 2. The standard InChI is InChI=1S/C21H33N7O2S/c1-3-20-26-24-17-28(20)14-12-23-21(25-18-10-15-31(29,30)16-18)22-11-7-13-27(2)19-8-5-4-6-9-19/h4-6,8-9,17-18H,3,7,10-16H2,1-2H3,(H2,22,23,25). The first-order chi connectivity index (χ1) is 15.0. The maximum atomic E-state index is 11.8. The average Bonchev–Trinajstić information content (AvgIpc) is 3.36. The smallest absolute Gasteiger partial charge is 0.191 e. The molecule has 0 saturated carbocycles. The molecule has 1 aliphatic heterocycles. The lowest BCUT2D eigenvalue weighted by Crippen LogP contribution is -2.45. The fraction of sp³-hybridized carbons (Fsp3) is 0.571. The third-order valence-electron chi connectivity index (χ3n) is 5.35. The molecule has 1 aliphatic rings. The Bertz CT molecular complexity index is 944. The zero-order chi connectivity index (χ0) is 22.1. The molecule has 3 rings (SSSR count). The number of hydrogen-bond donors (Lipinski definition) is 2. The number of guanidine groups is 1. The van der Waals surface area contributed by atoms with E-state index in [-0.39, 0.29) is 17.5 Å². The molecule has 10 heteroatoms. The molecule has 2 aromatic rings. The lowest BCUT2D eigenvalue weighted by Gasteiger charge is -2.19. The first kappa shape index (κ1) is 23.1. The van der Waals surface area contributed by atoms with Crippen molar-refractivity contribution in [1.29, 1.82) is 0 Å². The molecule has 0 aliphatic carbocycles. The van der Waals surface area contributed by atoms with Crippen molar-refractivity contribution in [3.63, 3.8) is 0 Å². The molecule has 31 heavy (non-hydrogen) atoms. The van der Waals surface area contributed by atoms with Crippen molar-refractivity contribution >= 4 is 21.5 Å². The van der Waals surface area contributed by atoms with Crippen molar-refractivity contribution in [2.75, 3.05) is 43.1 Å². The van der Waals surface area contributed by atoms with E-state index in [0.29, 0.717) is 25.5 Å². The highest BCUT2D eigenvalue weighted by Crippen LogP contribution is 2.12. The van der Waals surface area contributed by atoms with Crippen LogP contribution in [0.2, 0.25) is 0 Å². The van der Waals surface area contributed by atoms with Crippen LogP contribution >= 0.6 is 0 Å². The molecular weight excluding hydrogens is 414 g/mol. The van der Waals surface area contributed by atoms with E-state index in [0.717, 1.165) is 31.8 Å². The summed E-state index contributed by atoms with van der Waals surface area (Å²) in [5.74, 6) is 2.01. The summed E-state index contributed by atoms with van der Waals surface area (Å²) in [6.45, 7) is 4.96. The number of nitrogens with zero attached hydrogens (tertiary/aromatic N) is 5. The molecule has 1 atom stereocenters. The van der Waals surface area contributed by atoms with Gasteiger partial charge in [-0.2, -0.15) is 0 Å². The predicted molar refractivity (Wildman–Crippen MR) is 124 cm³/mol. The summed E-state index contributed by atoms with van der Waals surface area (Å²) in [6, 6.07) is 10.2. The fourth-order valence-corrected chi connectivity index (χ4v) is 5.27. The third kappa shape index (κ3) is 7.23. The van der Waals surface area contributed by atoms with Gasteiger partial charge in [-0.15, -0.1) is 10.2 Å². The number of aromatic nitrogens is 3. The highest BCUT2D eigenvalue weighted by atomic mass is 32.2. The van der Waals surface area contributed by atoms with Gasteiger partial charge in [-0.25, -0.2) is 8.42 Å². The topological polar surface area (TPSA) is 105 Å². The van der Waals surface area contributed by atoms with Crippen molar-refractivity contribution in [3.8, 4) is 0 Å². The number of hydrogen-bond acceptors (Lipinski definition) is 6. The van der Waals surface area contributed by atoms with E-state index in [9.17, 15) is 8.42 Å². The van der Waals surface area contributed by atoms with Crippen LogP contribution < -0.4 is 15.5 Å². The van der Waals surface area contributed by atoms with Gasteiger partial charge in [0.05, 0.1) is 11.5 Å². The lowest BCUT2D eigenvalue weighted by molar-refractivity contribution is 0.597. The molecule has 2 heterocycles. The molecule has 0 radical (unpaired) electrons. The van der Waals surface area contributed by atoms with E-state index in [4.69, 9.17) is 4.99 Å². The van der Waals surface area contributed by atoms with Crippen LogP contribution in [0.1, 0.15) is 25.6 Å². The Balaban J connectivity index is 1.52. The molecule has 170 valence electrons. The largest absolute Gasteiger partial charge is 0.375 e.